The molecule has 1 N–H and O–H groups in total. The average Bonchev–Trinajstić information content (AvgIpc) is 2.86. The maximum atomic E-state index is 11.7. The van der Waals surface area contributed by atoms with Crippen LogP contribution in [0.4, 0.5) is 0 Å². The Labute approximate surface area is 113 Å². The minimum Gasteiger partial charge on any atom is -0.469 e. The number of rotatable bonds is 5. The Morgan fingerprint density at radius 3 is 3.16 bits per heavy atom. The van der Waals surface area contributed by atoms with Gasteiger partial charge in [0, 0.05) is 17.6 Å². The summed E-state index contributed by atoms with van der Waals surface area (Å²) >= 11 is 1.53. The molecule has 8 heteroatoms. The quantitative estimate of drug-likeness (QED) is 0.801. The number of methoxy groups -OCH3 is 1. The highest BCUT2D eigenvalue weighted by molar-refractivity contribution is 7.98. The van der Waals surface area contributed by atoms with Crippen LogP contribution >= 0.6 is 11.8 Å². The van der Waals surface area contributed by atoms with Crippen molar-refractivity contribution in [1.82, 2.24) is 19.6 Å². The lowest BCUT2D eigenvalue weighted by molar-refractivity contribution is -0.143. The minimum atomic E-state index is -0.233. The molecule has 0 fully saturated rings. The van der Waals surface area contributed by atoms with Gasteiger partial charge in [-0.2, -0.15) is 16.3 Å². The van der Waals surface area contributed by atoms with Gasteiger partial charge < -0.3 is 4.74 Å². The second-order valence-electron chi connectivity index (χ2n) is 4.05. The van der Waals surface area contributed by atoms with Crippen LogP contribution in [0, 0.1) is 5.92 Å². The third kappa shape index (κ3) is 3.14. The summed E-state index contributed by atoms with van der Waals surface area (Å²) < 4.78 is 5.91. The Hall–Kier alpha value is -1.83. The smallest absolute Gasteiger partial charge is 0.309 e. The van der Waals surface area contributed by atoms with Gasteiger partial charge in [-0.15, -0.1) is 0 Å². The largest absolute Gasteiger partial charge is 0.469 e. The number of ether oxygens (including phenoxy) is 1. The van der Waals surface area contributed by atoms with Gasteiger partial charge in [-0.1, -0.05) is 6.92 Å². The number of carbonyl (C=O) groups is 1. The number of fused-ring (bicyclic) bond motifs is 1. The Balaban J connectivity index is 1.98. The molecule has 2 heterocycles. The van der Waals surface area contributed by atoms with E-state index in [-0.39, 0.29) is 17.4 Å². The summed E-state index contributed by atoms with van der Waals surface area (Å²) in [6.45, 7) is 1.80. The van der Waals surface area contributed by atoms with Crippen LogP contribution in [-0.2, 0) is 15.3 Å². The van der Waals surface area contributed by atoms with Crippen molar-refractivity contribution >= 4 is 23.5 Å². The van der Waals surface area contributed by atoms with Crippen LogP contribution in [0.1, 0.15) is 12.6 Å². The topological polar surface area (TPSA) is 89.4 Å². The van der Waals surface area contributed by atoms with E-state index in [9.17, 15) is 9.59 Å². The van der Waals surface area contributed by atoms with Gasteiger partial charge in [0.15, 0.2) is 0 Å². The number of H-pyrrole nitrogens is 1. The van der Waals surface area contributed by atoms with Crippen molar-refractivity contribution in [3.8, 4) is 0 Å². The van der Waals surface area contributed by atoms with Crippen LogP contribution in [0.3, 0.4) is 0 Å². The average molecular weight is 282 g/mol. The molecule has 2 aromatic heterocycles. The predicted molar refractivity (Wildman–Crippen MR) is 70.9 cm³/mol. The molecule has 19 heavy (non-hydrogen) atoms. The van der Waals surface area contributed by atoms with Gasteiger partial charge in [0.1, 0.15) is 6.33 Å². The third-order valence-electron chi connectivity index (χ3n) is 2.54. The Kier molecular flexibility index (Phi) is 4.20. The lowest BCUT2D eigenvalue weighted by Gasteiger charge is -2.07. The van der Waals surface area contributed by atoms with E-state index in [4.69, 9.17) is 0 Å². The van der Waals surface area contributed by atoms with E-state index in [0.29, 0.717) is 23.0 Å². The van der Waals surface area contributed by atoms with Gasteiger partial charge >= 0.3 is 5.97 Å². The summed E-state index contributed by atoms with van der Waals surface area (Å²) in [5.74, 6) is 1.12. The first-order valence-corrected chi connectivity index (χ1v) is 6.85. The number of aromatic nitrogens is 4. The van der Waals surface area contributed by atoms with Crippen LogP contribution in [0.5, 0.6) is 0 Å². The molecule has 0 aromatic carbocycles. The van der Waals surface area contributed by atoms with E-state index >= 15 is 0 Å². The highest BCUT2D eigenvalue weighted by Crippen LogP contribution is 2.14. The summed E-state index contributed by atoms with van der Waals surface area (Å²) in [6, 6.07) is 1.46. The second kappa shape index (κ2) is 5.87. The van der Waals surface area contributed by atoms with E-state index in [1.165, 1.54) is 35.8 Å². The first-order chi connectivity index (χ1) is 9.11. The normalized spacial score (nSPS) is 12.5. The van der Waals surface area contributed by atoms with Crippen molar-refractivity contribution in [2.45, 2.75) is 12.7 Å². The molecule has 102 valence electrons. The van der Waals surface area contributed by atoms with Crippen LogP contribution in [0.15, 0.2) is 17.2 Å². The third-order valence-corrected chi connectivity index (χ3v) is 3.78. The highest BCUT2D eigenvalue weighted by Gasteiger charge is 2.13. The Morgan fingerprint density at radius 1 is 1.63 bits per heavy atom. The van der Waals surface area contributed by atoms with Gasteiger partial charge in [0.05, 0.1) is 18.7 Å². The number of esters is 1. The summed E-state index contributed by atoms with van der Waals surface area (Å²) in [7, 11) is 1.37. The standard InChI is InChI=1S/C11H14N4O3S/c1-7(10(17)18-2)4-19-5-8-3-9(16)15-11(14-8)12-6-13-15/h3,6-7H,4-5H2,1-2H3,(H,12,13,14). The Bertz CT molecular complexity index is 636. The molecule has 7 nitrogen and oxygen atoms in total. The van der Waals surface area contributed by atoms with Crippen molar-refractivity contribution < 1.29 is 9.53 Å². The Morgan fingerprint density at radius 2 is 2.42 bits per heavy atom. The van der Waals surface area contributed by atoms with E-state index in [1.807, 2.05) is 0 Å². The predicted octanol–water partition coefficient (Wildman–Crippen LogP) is 0.460. The molecule has 0 saturated carbocycles. The lowest BCUT2D eigenvalue weighted by atomic mass is 10.2. The maximum absolute atomic E-state index is 11.7. The molecule has 0 aliphatic carbocycles. The molecule has 0 aliphatic rings. The number of hydrogen-bond acceptors (Lipinski definition) is 6. The molecule has 0 amide bonds. The maximum Gasteiger partial charge on any atom is 0.309 e. The molecule has 0 bridgehead atoms. The highest BCUT2D eigenvalue weighted by atomic mass is 32.2. The SMILES string of the molecule is COC(=O)C(C)CSCc1cc(=O)n2[nH]cnc2n1. The molecule has 1 unspecified atom stereocenters. The molecule has 0 spiro atoms. The molecule has 2 aromatic rings. The summed E-state index contributed by atoms with van der Waals surface area (Å²) in [5.41, 5.74) is 0.457. The molecule has 1 atom stereocenters. The lowest BCUT2D eigenvalue weighted by Crippen LogP contribution is -2.16. The number of nitrogens with zero attached hydrogens (tertiary/aromatic N) is 3. The number of thioether (sulfide) groups is 1. The second-order valence-corrected chi connectivity index (χ2v) is 5.08. The summed E-state index contributed by atoms with van der Waals surface area (Å²) in [5, 5.41) is 2.67. The van der Waals surface area contributed by atoms with Crippen molar-refractivity contribution in [2.75, 3.05) is 12.9 Å². The fraction of sp³-hybridized carbons (Fsp3) is 0.455. The number of aromatic amines is 1. The summed E-state index contributed by atoms with van der Waals surface area (Å²) in [4.78, 5) is 31.1. The van der Waals surface area contributed by atoms with Gasteiger partial charge in [-0.3, -0.25) is 14.7 Å². The van der Waals surface area contributed by atoms with Gasteiger partial charge in [0.2, 0.25) is 0 Å². The van der Waals surface area contributed by atoms with Crippen LogP contribution in [0.2, 0.25) is 0 Å². The molecule has 0 aliphatic heterocycles. The zero-order valence-corrected chi connectivity index (χ0v) is 11.4. The van der Waals surface area contributed by atoms with E-state index < -0.39 is 0 Å². The molecular formula is C11H14N4O3S. The van der Waals surface area contributed by atoms with Gasteiger partial charge in [-0.25, -0.2) is 9.97 Å². The van der Waals surface area contributed by atoms with Crippen molar-refractivity contribution in [1.29, 1.82) is 0 Å². The van der Waals surface area contributed by atoms with Crippen molar-refractivity contribution in [2.24, 2.45) is 5.92 Å². The van der Waals surface area contributed by atoms with Crippen molar-refractivity contribution in [3.05, 3.63) is 28.4 Å². The van der Waals surface area contributed by atoms with E-state index in [1.54, 1.807) is 6.92 Å². The molecule has 0 saturated heterocycles. The minimum absolute atomic E-state index is 0.176. The first-order valence-electron chi connectivity index (χ1n) is 5.69. The molecule has 0 radical (unpaired) electrons. The number of nitrogens with one attached hydrogen (secondary N) is 1. The number of hydrogen-bond donors (Lipinski definition) is 1. The zero-order chi connectivity index (χ0) is 13.8. The van der Waals surface area contributed by atoms with Gasteiger partial charge in [-0.05, 0) is 0 Å². The van der Waals surface area contributed by atoms with E-state index in [0.717, 1.165) is 0 Å². The zero-order valence-electron chi connectivity index (χ0n) is 10.6. The van der Waals surface area contributed by atoms with Crippen molar-refractivity contribution in [3.63, 3.8) is 0 Å². The first kappa shape index (κ1) is 13.6. The monoisotopic (exact) mass is 282 g/mol. The summed E-state index contributed by atoms with van der Waals surface area (Å²) in [6.07, 6.45) is 1.42. The fourth-order valence-corrected chi connectivity index (χ4v) is 2.52. The fourth-order valence-electron chi connectivity index (χ4n) is 1.55. The molecular weight excluding hydrogens is 268 g/mol. The van der Waals surface area contributed by atoms with E-state index in [2.05, 4.69) is 19.8 Å². The van der Waals surface area contributed by atoms with Crippen LogP contribution < -0.4 is 5.56 Å². The van der Waals surface area contributed by atoms with Gasteiger partial charge in [0.25, 0.3) is 11.3 Å². The van der Waals surface area contributed by atoms with Crippen LogP contribution in [0.25, 0.3) is 5.78 Å². The molecule has 2 rings (SSSR count). The van der Waals surface area contributed by atoms with Crippen LogP contribution in [-0.4, -0.2) is 38.4 Å². The number of carbonyl (C=O) groups excluding carboxylic acids is 1.